The molecule has 0 bridgehead atoms. The second kappa shape index (κ2) is 8.52. The number of rotatable bonds is 7. The van der Waals surface area contributed by atoms with Gasteiger partial charge >= 0.3 is 0 Å². The fraction of sp³-hybridized carbons (Fsp3) is 0.565. The molecule has 152 valence electrons. The Morgan fingerprint density at radius 3 is 2.71 bits per heavy atom. The molecule has 28 heavy (non-hydrogen) atoms. The van der Waals surface area contributed by atoms with E-state index in [2.05, 4.69) is 5.38 Å². The molecular weight excluding hydrogens is 375 g/mol. The summed E-state index contributed by atoms with van der Waals surface area (Å²) in [5, 5.41) is 2.09. The van der Waals surface area contributed by atoms with E-state index in [-0.39, 0.29) is 16.8 Å². The Morgan fingerprint density at radius 2 is 1.96 bits per heavy atom. The highest BCUT2D eigenvalue weighted by Gasteiger charge is 2.48. The largest absolute Gasteiger partial charge is 0.496 e. The first kappa shape index (κ1) is 19.9. The SMILES string of the molecule is COc1ccsc1CCCC[C@@]1(c2ccc(F)cc2)CCO[C@]2(CCOC2)C1. The van der Waals surface area contributed by atoms with Gasteiger partial charge < -0.3 is 14.2 Å². The predicted octanol–water partition coefficient (Wildman–Crippen LogP) is 5.52. The van der Waals surface area contributed by atoms with Crippen molar-refractivity contribution in [1.29, 1.82) is 0 Å². The van der Waals surface area contributed by atoms with Crippen molar-refractivity contribution in [2.24, 2.45) is 0 Å². The number of unbranched alkanes of at least 4 members (excludes halogenated alkanes) is 1. The van der Waals surface area contributed by atoms with Crippen molar-refractivity contribution in [3.05, 3.63) is 52.0 Å². The van der Waals surface area contributed by atoms with Crippen LogP contribution in [0.5, 0.6) is 5.75 Å². The second-order valence-electron chi connectivity index (χ2n) is 8.17. The topological polar surface area (TPSA) is 27.7 Å². The molecule has 2 aromatic rings. The van der Waals surface area contributed by atoms with Gasteiger partial charge in [-0.1, -0.05) is 18.6 Å². The van der Waals surface area contributed by atoms with E-state index in [4.69, 9.17) is 14.2 Å². The van der Waals surface area contributed by atoms with Gasteiger partial charge in [0.1, 0.15) is 11.6 Å². The summed E-state index contributed by atoms with van der Waals surface area (Å²) in [6.45, 7) is 2.21. The molecule has 0 aliphatic carbocycles. The quantitative estimate of drug-likeness (QED) is 0.569. The smallest absolute Gasteiger partial charge is 0.132 e. The van der Waals surface area contributed by atoms with Crippen LogP contribution in [0.3, 0.4) is 0 Å². The molecule has 4 rings (SSSR count). The third-order valence-electron chi connectivity index (χ3n) is 6.41. The lowest BCUT2D eigenvalue weighted by Crippen LogP contribution is -2.48. The average molecular weight is 405 g/mol. The van der Waals surface area contributed by atoms with Gasteiger partial charge in [-0.25, -0.2) is 4.39 Å². The number of aryl methyl sites for hydroxylation is 1. The van der Waals surface area contributed by atoms with Crippen molar-refractivity contribution in [3.63, 3.8) is 0 Å². The summed E-state index contributed by atoms with van der Waals surface area (Å²) >= 11 is 1.77. The zero-order valence-corrected chi connectivity index (χ0v) is 17.4. The van der Waals surface area contributed by atoms with Gasteiger partial charge in [-0.05, 0) is 61.2 Å². The first-order valence-electron chi connectivity index (χ1n) is 10.2. The molecule has 1 aromatic heterocycles. The van der Waals surface area contributed by atoms with Gasteiger partial charge in [0.15, 0.2) is 0 Å². The molecule has 1 spiro atoms. The molecule has 0 saturated carbocycles. The fourth-order valence-corrected chi connectivity index (χ4v) is 5.80. The lowest BCUT2D eigenvalue weighted by atomic mass is 9.65. The van der Waals surface area contributed by atoms with Crippen LogP contribution in [-0.2, 0) is 21.3 Å². The van der Waals surface area contributed by atoms with Crippen molar-refractivity contribution in [2.75, 3.05) is 26.9 Å². The van der Waals surface area contributed by atoms with Crippen LogP contribution >= 0.6 is 11.3 Å². The summed E-state index contributed by atoms with van der Waals surface area (Å²) in [6.07, 6.45) is 7.32. The van der Waals surface area contributed by atoms with Crippen LogP contribution in [0, 0.1) is 5.82 Å². The number of hydrogen-bond acceptors (Lipinski definition) is 4. The molecule has 1 aromatic carbocycles. The molecule has 2 atom stereocenters. The van der Waals surface area contributed by atoms with Crippen LogP contribution in [0.15, 0.2) is 35.7 Å². The lowest BCUT2D eigenvalue weighted by molar-refractivity contribution is -0.108. The first-order valence-corrected chi connectivity index (χ1v) is 11.1. The highest BCUT2D eigenvalue weighted by Crippen LogP contribution is 2.48. The molecule has 0 unspecified atom stereocenters. The summed E-state index contributed by atoms with van der Waals surface area (Å²) in [4.78, 5) is 1.32. The summed E-state index contributed by atoms with van der Waals surface area (Å²) < 4.78 is 30.9. The molecule has 3 heterocycles. The predicted molar refractivity (Wildman–Crippen MR) is 110 cm³/mol. The number of benzene rings is 1. The molecule has 2 aliphatic heterocycles. The number of methoxy groups -OCH3 is 1. The Kier molecular flexibility index (Phi) is 6.04. The number of thiophene rings is 1. The van der Waals surface area contributed by atoms with Gasteiger partial charge in [0.2, 0.25) is 0 Å². The molecule has 3 nitrogen and oxygen atoms in total. The van der Waals surface area contributed by atoms with Crippen LogP contribution in [0.25, 0.3) is 0 Å². The van der Waals surface area contributed by atoms with Crippen molar-refractivity contribution in [1.82, 2.24) is 0 Å². The third kappa shape index (κ3) is 4.12. The molecule has 0 N–H and O–H groups in total. The molecule has 2 saturated heterocycles. The summed E-state index contributed by atoms with van der Waals surface area (Å²) in [6, 6.07) is 9.20. The van der Waals surface area contributed by atoms with Crippen molar-refractivity contribution in [2.45, 2.75) is 56.0 Å². The Morgan fingerprint density at radius 1 is 1.11 bits per heavy atom. The Labute approximate surface area is 170 Å². The van der Waals surface area contributed by atoms with E-state index < -0.39 is 0 Å². The molecule has 2 fully saturated rings. The van der Waals surface area contributed by atoms with Gasteiger partial charge in [-0.15, -0.1) is 11.3 Å². The maximum Gasteiger partial charge on any atom is 0.132 e. The van der Waals surface area contributed by atoms with Crippen molar-refractivity contribution in [3.8, 4) is 5.75 Å². The van der Waals surface area contributed by atoms with Gasteiger partial charge in [-0.2, -0.15) is 0 Å². The second-order valence-corrected chi connectivity index (χ2v) is 9.17. The van der Waals surface area contributed by atoms with Gasteiger partial charge in [0.05, 0.1) is 19.3 Å². The number of ether oxygens (including phenoxy) is 3. The van der Waals surface area contributed by atoms with Gasteiger partial charge in [0, 0.05) is 29.9 Å². The monoisotopic (exact) mass is 404 g/mol. The average Bonchev–Trinajstić information content (AvgIpc) is 3.35. The normalized spacial score (nSPS) is 27.4. The van der Waals surface area contributed by atoms with E-state index in [1.165, 1.54) is 10.4 Å². The van der Waals surface area contributed by atoms with Crippen LogP contribution in [-0.4, -0.2) is 32.5 Å². The van der Waals surface area contributed by atoms with E-state index >= 15 is 0 Å². The number of halogens is 1. The zero-order valence-electron chi connectivity index (χ0n) is 16.5. The fourth-order valence-electron chi connectivity index (χ4n) is 4.91. The maximum atomic E-state index is 13.6. The van der Waals surface area contributed by atoms with Crippen LogP contribution in [0.1, 0.15) is 49.0 Å². The lowest BCUT2D eigenvalue weighted by Gasteiger charge is -2.46. The van der Waals surface area contributed by atoms with Crippen molar-refractivity contribution >= 4 is 11.3 Å². The van der Waals surface area contributed by atoms with Gasteiger partial charge in [-0.3, -0.25) is 0 Å². The Balaban J connectivity index is 1.48. The molecule has 0 amide bonds. The molecular formula is C23H29FO3S. The zero-order chi connectivity index (χ0) is 19.5. The third-order valence-corrected chi connectivity index (χ3v) is 7.37. The summed E-state index contributed by atoms with van der Waals surface area (Å²) in [5.41, 5.74) is 1.13. The molecule has 2 aliphatic rings. The minimum Gasteiger partial charge on any atom is -0.496 e. The maximum absolute atomic E-state index is 13.6. The van der Waals surface area contributed by atoms with Crippen LogP contribution < -0.4 is 4.74 Å². The van der Waals surface area contributed by atoms with Crippen molar-refractivity contribution < 1.29 is 18.6 Å². The Hall–Kier alpha value is -1.43. The van der Waals surface area contributed by atoms with Crippen LogP contribution in [0.4, 0.5) is 4.39 Å². The summed E-state index contributed by atoms with van der Waals surface area (Å²) in [5.74, 6) is 0.834. The first-order chi connectivity index (χ1) is 13.6. The van der Waals surface area contributed by atoms with E-state index in [9.17, 15) is 4.39 Å². The standard InChI is InChI=1S/C23H29FO3S/c1-25-20-9-15-28-21(20)4-2-3-10-22(18-5-7-19(24)8-6-18)11-14-27-23(16-22)12-13-26-17-23/h5-9,15H,2-4,10-14,16-17H2,1H3/t22-,23-/m1/s1. The van der Waals surface area contributed by atoms with E-state index in [1.54, 1.807) is 30.6 Å². The van der Waals surface area contributed by atoms with E-state index in [0.717, 1.165) is 63.9 Å². The van der Waals surface area contributed by atoms with E-state index in [1.807, 2.05) is 18.2 Å². The highest BCUT2D eigenvalue weighted by molar-refractivity contribution is 7.10. The number of hydrogen-bond donors (Lipinski definition) is 0. The van der Waals surface area contributed by atoms with E-state index in [0.29, 0.717) is 6.61 Å². The Bertz CT molecular complexity index is 766. The highest BCUT2D eigenvalue weighted by atomic mass is 32.1. The minimum absolute atomic E-state index is 0.0409. The minimum atomic E-state index is -0.172. The van der Waals surface area contributed by atoms with Crippen LogP contribution in [0.2, 0.25) is 0 Å². The van der Waals surface area contributed by atoms with Gasteiger partial charge in [0.25, 0.3) is 0 Å². The molecule has 5 heteroatoms. The summed E-state index contributed by atoms with van der Waals surface area (Å²) in [7, 11) is 1.74. The molecule has 0 radical (unpaired) electrons.